The maximum atomic E-state index is 5.95. The molecule has 0 aliphatic heterocycles. The monoisotopic (exact) mass is 280 g/mol. The number of aryl methyl sites for hydroxylation is 1. The van der Waals surface area contributed by atoms with Crippen molar-refractivity contribution in [1.82, 2.24) is 0 Å². The summed E-state index contributed by atoms with van der Waals surface area (Å²) < 4.78 is 0. The first-order valence-corrected chi connectivity index (χ1v) is 7.89. The fourth-order valence-electron chi connectivity index (χ4n) is 3.58. The molecule has 2 aromatic carbocycles. The van der Waals surface area contributed by atoms with E-state index in [1.807, 2.05) is 0 Å². The van der Waals surface area contributed by atoms with Gasteiger partial charge in [-0.3, -0.25) is 0 Å². The Hall–Kier alpha value is -1.53. The van der Waals surface area contributed by atoms with Gasteiger partial charge in [0, 0.05) is 5.88 Å². The Balaban J connectivity index is 1.95. The molecule has 0 amide bonds. The molecule has 2 aliphatic carbocycles. The minimum atomic E-state index is 0.588. The molecule has 2 aromatic rings. The summed E-state index contributed by atoms with van der Waals surface area (Å²) in [7, 11) is 0. The molecule has 0 unspecified atom stereocenters. The van der Waals surface area contributed by atoms with Gasteiger partial charge < -0.3 is 0 Å². The molecule has 0 spiro atoms. The highest BCUT2D eigenvalue weighted by Crippen LogP contribution is 2.39. The lowest BCUT2D eigenvalue weighted by molar-refractivity contribution is 0.831. The first-order valence-electron chi connectivity index (χ1n) is 7.36. The van der Waals surface area contributed by atoms with Crippen molar-refractivity contribution in [2.75, 3.05) is 0 Å². The first kappa shape index (κ1) is 12.2. The van der Waals surface area contributed by atoms with Crippen LogP contribution in [0.4, 0.5) is 0 Å². The van der Waals surface area contributed by atoms with Crippen molar-refractivity contribution >= 4 is 27.9 Å². The van der Waals surface area contributed by atoms with E-state index in [0.29, 0.717) is 5.88 Å². The molecule has 0 heterocycles. The number of allylic oxidation sites excluding steroid dienone is 4. The van der Waals surface area contributed by atoms with Crippen molar-refractivity contribution < 1.29 is 0 Å². The largest absolute Gasteiger partial charge is 0.122 e. The predicted molar refractivity (Wildman–Crippen MR) is 87.1 cm³/mol. The molecule has 0 atom stereocenters. The molecule has 1 heteroatoms. The highest BCUT2D eigenvalue weighted by Gasteiger charge is 2.20. The number of fused-ring (bicyclic) bond motifs is 4. The van der Waals surface area contributed by atoms with E-state index in [1.54, 1.807) is 5.57 Å². The SMILES string of the molecule is ClCc1ccc2c3c(ccc2c1)C1=C(CCC=C1)CC3. The summed E-state index contributed by atoms with van der Waals surface area (Å²) in [5, 5.41) is 2.73. The number of benzene rings is 2. The van der Waals surface area contributed by atoms with Crippen LogP contribution in [0, 0.1) is 0 Å². The summed E-state index contributed by atoms with van der Waals surface area (Å²) in [4.78, 5) is 0. The number of alkyl halides is 1. The van der Waals surface area contributed by atoms with E-state index in [1.165, 1.54) is 58.7 Å². The number of hydrogen-bond acceptors (Lipinski definition) is 0. The van der Waals surface area contributed by atoms with E-state index in [-0.39, 0.29) is 0 Å². The standard InChI is InChI=1S/C19H17Cl/c20-12-13-5-8-17-15(11-13)7-10-18-16-4-2-1-3-14(16)6-9-19(17)18/h2,4-5,7-8,10-11H,1,3,6,9,12H2. The van der Waals surface area contributed by atoms with Crippen molar-refractivity contribution in [3.8, 4) is 0 Å². The van der Waals surface area contributed by atoms with Crippen LogP contribution < -0.4 is 0 Å². The van der Waals surface area contributed by atoms with E-state index in [9.17, 15) is 0 Å². The fraction of sp³-hybridized carbons (Fsp3) is 0.263. The van der Waals surface area contributed by atoms with Gasteiger partial charge in [0.25, 0.3) is 0 Å². The van der Waals surface area contributed by atoms with E-state index >= 15 is 0 Å². The summed E-state index contributed by atoms with van der Waals surface area (Å²) in [6.07, 6.45) is 9.50. The summed E-state index contributed by atoms with van der Waals surface area (Å²) in [5.41, 5.74) is 7.31. The predicted octanol–water partition coefficient (Wildman–Crippen LogP) is 5.63. The van der Waals surface area contributed by atoms with E-state index in [2.05, 4.69) is 42.5 Å². The molecule has 0 bridgehead atoms. The lowest BCUT2D eigenvalue weighted by atomic mass is 9.79. The zero-order valence-electron chi connectivity index (χ0n) is 11.5. The Bertz CT molecular complexity index is 750. The maximum absolute atomic E-state index is 5.95. The molecule has 0 saturated heterocycles. The van der Waals surface area contributed by atoms with Crippen molar-refractivity contribution in [3.05, 3.63) is 64.7 Å². The van der Waals surface area contributed by atoms with Gasteiger partial charge >= 0.3 is 0 Å². The Morgan fingerprint density at radius 1 is 1.00 bits per heavy atom. The fourth-order valence-corrected chi connectivity index (χ4v) is 3.74. The Kier molecular flexibility index (Phi) is 2.93. The molecule has 2 aliphatic rings. The van der Waals surface area contributed by atoms with Gasteiger partial charge in [-0.15, -0.1) is 11.6 Å². The van der Waals surface area contributed by atoms with Gasteiger partial charge in [0.05, 0.1) is 0 Å². The van der Waals surface area contributed by atoms with Crippen LogP contribution in [0.2, 0.25) is 0 Å². The zero-order valence-corrected chi connectivity index (χ0v) is 12.2. The topological polar surface area (TPSA) is 0 Å². The average Bonchev–Trinajstić information content (AvgIpc) is 2.53. The maximum Gasteiger partial charge on any atom is 0.0474 e. The van der Waals surface area contributed by atoms with Gasteiger partial charge in [-0.2, -0.15) is 0 Å². The van der Waals surface area contributed by atoms with Gasteiger partial charge in [0.2, 0.25) is 0 Å². The van der Waals surface area contributed by atoms with Crippen LogP contribution in [-0.4, -0.2) is 0 Å². The molecule has 0 radical (unpaired) electrons. The van der Waals surface area contributed by atoms with E-state index < -0.39 is 0 Å². The van der Waals surface area contributed by atoms with Gasteiger partial charge in [0.1, 0.15) is 0 Å². The smallest absolute Gasteiger partial charge is 0.0474 e. The van der Waals surface area contributed by atoms with E-state index in [0.717, 1.165) is 0 Å². The highest BCUT2D eigenvalue weighted by atomic mass is 35.5. The van der Waals surface area contributed by atoms with Gasteiger partial charge in [0.15, 0.2) is 0 Å². The second kappa shape index (κ2) is 4.79. The van der Waals surface area contributed by atoms with Gasteiger partial charge in [-0.25, -0.2) is 0 Å². The molecule has 100 valence electrons. The van der Waals surface area contributed by atoms with Crippen molar-refractivity contribution in [3.63, 3.8) is 0 Å². The first-order chi connectivity index (χ1) is 9.86. The van der Waals surface area contributed by atoms with Crippen LogP contribution in [0.15, 0.2) is 48.1 Å². The summed E-state index contributed by atoms with van der Waals surface area (Å²) in [5.74, 6) is 0.588. The number of hydrogen-bond donors (Lipinski definition) is 0. The number of halogens is 1. The molecule has 0 nitrogen and oxygen atoms in total. The lowest BCUT2D eigenvalue weighted by Gasteiger charge is -2.25. The number of rotatable bonds is 1. The summed E-state index contributed by atoms with van der Waals surface area (Å²) >= 11 is 5.95. The lowest BCUT2D eigenvalue weighted by Crippen LogP contribution is -2.07. The molecule has 4 rings (SSSR count). The van der Waals surface area contributed by atoms with Gasteiger partial charge in [-0.1, -0.05) is 42.0 Å². The second-order valence-electron chi connectivity index (χ2n) is 5.74. The quantitative estimate of drug-likeness (QED) is 0.594. The Labute approximate surface area is 124 Å². The molecule has 0 aromatic heterocycles. The van der Waals surface area contributed by atoms with Crippen LogP contribution in [0.5, 0.6) is 0 Å². The van der Waals surface area contributed by atoms with Gasteiger partial charge in [-0.05, 0) is 64.8 Å². The van der Waals surface area contributed by atoms with Crippen molar-refractivity contribution in [1.29, 1.82) is 0 Å². The normalized spacial score (nSPS) is 17.2. The van der Waals surface area contributed by atoms with Crippen LogP contribution in [0.25, 0.3) is 16.3 Å². The Morgan fingerprint density at radius 2 is 1.95 bits per heavy atom. The van der Waals surface area contributed by atoms with Crippen LogP contribution in [-0.2, 0) is 12.3 Å². The van der Waals surface area contributed by atoms with Crippen molar-refractivity contribution in [2.45, 2.75) is 31.6 Å². The average molecular weight is 281 g/mol. The molecule has 20 heavy (non-hydrogen) atoms. The molecule has 0 fully saturated rings. The summed E-state index contributed by atoms with van der Waals surface area (Å²) in [6, 6.07) is 11.2. The summed E-state index contributed by atoms with van der Waals surface area (Å²) in [6.45, 7) is 0. The highest BCUT2D eigenvalue weighted by molar-refractivity contribution is 6.17. The van der Waals surface area contributed by atoms with Crippen LogP contribution >= 0.6 is 11.6 Å². The molecular formula is C19H17Cl. The molecule has 0 N–H and O–H groups in total. The third kappa shape index (κ3) is 1.83. The molecular weight excluding hydrogens is 264 g/mol. The van der Waals surface area contributed by atoms with Crippen molar-refractivity contribution in [2.24, 2.45) is 0 Å². The third-order valence-corrected chi connectivity index (χ3v) is 4.90. The second-order valence-corrected chi connectivity index (χ2v) is 6.01. The Morgan fingerprint density at radius 3 is 2.85 bits per heavy atom. The zero-order chi connectivity index (χ0) is 13.5. The minimum Gasteiger partial charge on any atom is -0.122 e. The third-order valence-electron chi connectivity index (χ3n) is 4.60. The molecule has 0 saturated carbocycles. The van der Waals surface area contributed by atoms with E-state index in [4.69, 9.17) is 11.6 Å². The minimum absolute atomic E-state index is 0.588. The van der Waals surface area contributed by atoms with Crippen LogP contribution in [0.1, 0.15) is 36.0 Å². The van der Waals surface area contributed by atoms with Crippen LogP contribution in [0.3, 0.4) is 0 Å².